The normalized spacial score (nSPS) is 24.0. The third kappa shape index (κ3) is 3.12. The van der Waals surface area contributed by atoms with Gasteiger partial charge in [-0.1, -0.05) is 15.9 Å². The van der Waals surface area contributed by atoms with Gasteiger partial charge in [-0.3, -0.25) is 9.59 Å². The SMILES string of the molecule is Cc1cc(Br)ccc1NC(=O)C1CC1C(=O)N1CCCC1. The van der Waals surface area contributed by atoms with E-state index >= 15 is 0 Å². The Morgan fingerprint density at radius 1 is 1.24 bits per heavy atom. The first-order valence-electron chi connectivity index (χ1n) is 7.42. The molecule has 2 unspecified atom stereocenters. The minimum absolute atomic E-state index is 0.0297. The Morgan fingerprint density at radius 2 is 1.95 bits per heavy atom. The van der Waals surface area contributed by atoms with Gasteiger partial charge in [0.1, 0.15) is 0 Å². The van der Waals surface area contributed by atoms with Crippen LogP contribution in [0.15, 0.2) is 22.7 Å². The van der Waals surface area contributed by atoms with Crippen LogP contribution in [-0.2, 0) is 9.59 Å². The average Bonchev–Trinajstić information content (AvgIpc) is 3.06. The largest absolute Gasteiger partial charge is 0.342 e. The molecule has 112 valence electrons. The van der Waals surface area contributed by atoms with Crippen LogP contribution >= 0.6 is 15.9 Å². The number of halogens is 1. The molecule has 0 aromatic heterocycles. The van der Waals surface area contributed by atoms with Gasteiger partial charge in [0.15, 0.2) is 0 Å². The molecule has 2 amide bonds. The molecule has 1 N–H and O–H groups in total. The predicted molar refractivity (Wildman–Crippen MR) is 84.9 cm³/mol. The molecule has 2 atom stereocenters. The van der Waals surface area contributed by atoms with Crippen LogP contribution < -0.4 is 5.32 Å². The molecular formula is C16H19BrN2O2. The minimum Gasteiger partial charge on any atom is -0.342 e. The first-order chi connectivity index (χ1) is 10.1. The Kier molecular flexibility index (Phi) is 4.02. The summed E-state index contributed by atoms with van der Waals surface area (Å²) < 4.78 is 0.992. The first-order valence-corrected chi connectivity index (χ1v) is 8.21. The fourth-order valence-corrected chi connectivity index (χ4v) is 3.40. The highest BCUT2D eigenvalue weighted by Gasteiger charge is 2.49. The van der Waals surface area contributed by atoms with Crippen LogP contribution in [0.3, 0.4) is 0 Å². The molecule has 2 aliphatic rings. The van der Waals surface area contributed by atoms with E-state index in [2.05, 4.69) is 21.2 Å². The molecule has 0 spiro atoms. The van der Waals surface area contributed by atoms with Gasteiger partial charge in [-0.2, -0.15) is 0 Å². The zero-order chi connectivity index (χ0) is 15.0. The zero-order valence-electron chi connectivity index (χ0n) is 12.1. The highest BCUT2D eigenvalue weighted by atomic mass is 79.9. The maximum Gasteiger partial charge on any atom is 0.228 e. The van der Waals surface area contributed by atoms with E-state index in [1.54, 1.807) is 0 Å². The lowest BCUT2D eigenvalue weighted by atomic mass is 10.2. The number of aryl methyl sites for hydroxylation is 1. The molecule has 1 aromatic rings. The topological polar surface area (TPSA) is 49.4 Å². The number of anilines is 1. The summed E-state index contributed by atoms with van der Waals surface area (Å²) in [4.78, 5) is 26.4. The van der Waals surface area contributed by atoms with Crippen molar-refractivity contribution in [2.45, 2.75) is 26.2 Å². The number of carbonyl (C=O) groups is 2. The summed E-state index contributed by atoms with van der Waals surface area (Å²) in [5.74, 6) is -0.113. The number of nitrogens with zero attached hydrogens (tertiary/aromatic N) is 1. The molecule has 1 heterocycles. The summed E-state index contributed by atoms with van der Waals surface area (Å²) >= 11 is 3.41. The summed E-state index contributed by atoms with van der Waals surface area (Å²) in [5, 5.41) is 2.94. The second kappa shape index (κ2) is 5.79. The fraction of sp³-hybridized carbons (Fsp3) is 0.500. The number of carbonyl (C=O) groups excluding carboxylic acids is 2. The Hall–Kier alpha value is -1.36. The van der Waals surface area contributed by atoms with Gasteiger partial charge >= 0.3 is 0 Å². The van der Waals surface area contributed by atoms with Crippen molar-refractivity contribution >= 4 is 33.4 Å². The molecule has 5 heteroatoms. The van der Waals surface area contributed by atoms with Crippen LogP contribution in [0, 0.1) is 18.8 Å². The monoisotopic (exact) mass is 350 g/mol. The lowest BCUT2D eigenvalue weighted by Crippen LogP contribution is -2.30. The average molecular weight is 351 g/mol. The second-order valence-electron chi connectivity index (χ2n) is 5.93. The lowest BCUT2D eigenvalue weighted by molar-refractivity contribution is -0.133. The molecule has 1 aromatic carbocycles. The van der Waals surface area contributed by atoms with E-state index in [-0.39, 0.29) is 23.7 Å². The third-order valence-electron chi connectivity index (χ3n) is 4.31. The molecule has 21 heavy (non-hydrogen) atoms. The zero-order valence-corrected chi connectivity index (χ0v) is 13.6. The summed E-state index contributed by atoms with van der Waals surface area (Å²) in [6.45, 7) is 3.67. The van der Waals surface area contributed by atoms with Gasteiger partial charge in [0.25, 0.3) is 0 Å². The van der Waals surface area contributed by atoms with Crippen molar-refractivity contribution in [2.24, 2.45) is 11.8 Å². The Morgan fingerprint density at radius 3 is 2.62 bits per heavy atom. The van der Waals surface area contributed by atoms with E-state index in [0.29, 0.717) is 6.42 Å². The summed E-state index contributed by atoms with van der Waals surface area (Å²) in [5.41, 5.74) is 1.84. The van der Waals surface area contributed by atoms with E-state index in [9.17, 15) is 9.59 Å². The van der Waals surface area contributed by atoms with Gasteiger partial charge in [-0.15, -0.1) is 0 Å². The molecule has 2 fully saturated rings. The number of amides is 2. The Bertz CT molecular complexity index is 582. The minimum atomic E-state index is -0.152. The standard InChI is InChI=1S/C16H19BrN2O2/c1-10-8-11(17)4-5-14(10)18-15(20)12-9-13(12)16(21)19-6-2-3-7-19/h4-5,8,12-13H,2-3,6-7,9H2,1H3,(H,18,20). The van der Waals surface area contributed by atoms with Gasteiger partial charge in [-0.25, -0.2) is 0 Å². The molecular weight excluding hydrogens is 332 g/mol. The Balaban J connectivity index is 1.58. The molecule has 4 nitrogen and oxygen atoms in total. The Labute approximate surface area is 133 Å². The van der Waals surface area contributed by atoms with Crippen molar-refractivity contribution in [3.8, 4) is 0 Å². The first kappa shape index (κ1) is 14.6. The maximum atomic E-state index is 12.2. The van der Waals surface area contributed by atoms with E-state index in [4.69, 9.17) is 0 Å². The van der Waals surface area contributed by atoms with Crippen molar-refractivity contribution in [1.82, 2.24) is 4.90 Å². The van der Waals surface area contributed by atoms with Crippen LogP contribution in [0.2, 0.25) is 0 Å². The van der Waals surface area contributed by atoms with Crippen LogP contribution in [0.5, 0.6) is 0 Å². The smallest absolute Gasteiger partial charge is 0.228 e. The number of hydrogen-bond donors (Lipinski definition) is 1. The second-order valence-corrected chi connectivity index (χ2v) is 6.85. The van der Waals surface area contributed by atoms with Crippen LogP contribution in [0.1, 0.15) is 24.8 Å². The van der Waals surface area contributed by atoms with E-state index < -0.39 is 0 Å². The van der Waals surface area contributed by atoms with Crippen molar-refractivity contribution in [1.29, 1.82) is 0 Å². The highest BCUT2D eigenvalue weighted by Crippen LogP contribution is 2.41. The molecule has 1 saturated carbocycles. The predicted octanol–water partition coefficient (Wildman–Crippen LogP) is 2.95. The van der Waals surface area contributed by atoms with Crippen LogP contribution in [0.4, 0.5) is 5.69 Å². The molecule has 0 radical (unpaired) electrons. The molecule has 0 bridgehead atoms. The number of rotatable bonds is 3. The third-order valence-corrected chi connectivity index (χ3v) is 4.80. The number of hydrogen-bond acceptors (Lipinski definition) is 2. The number of likely N-dealkylation sites (tertiary alicyclic amines) is 1. The van der Waals surface area contributed by atoms with Crippen LogP contribution in [0.25, 0.3) is 0 Å². The fourth-order valence-electron chi connectivity index (χ4n) is 2.92. The van der Waals surface area contributed by atoms with Gasteiger partial charge < -0.3 is 10.2 Å². The van der Waals surface area contributed by atoms with Crippen molar-refractivity contribution < 1.29 is 9.59 Å². The summed E-state index contributed by atoms with van der Waals surface area (Å²) in [6.07, 6.45) is 2.87. The van der Waals surface area contributed by atoms with Gasteiger partial charge in [-0.05, 0) is 49.9 Å². The van der Waals surface area contributed by atoms with E-state index in [1.807, 2.05) is 30.0 Å². The number of benzene rings is 1. The molecule has 1 aliphatic carbocycles. The van der Waals surface area contributed by atoms with Crippen molar-refractivity contribution in [3.63, 3.8) is 0 Å². The summed E-state index contributed by atoms with van der Waals surface area (Å²) in [7, 11) is 0. The highest BCUT2D eigenvalue weighted by molar-refractivity contribution is 9.10. The number of nitrogens with one attached hydrogen (secondary N) is 1. The quantitative estimate of drug-likeness (QED) is 0.910. The van der Waals surface area contributed by atoms with Gasteiger partial charge in [0.05, 0.1) is 11.8 Å². The molecule has 1 aliphatic heterocycles. The van der Waals surface area contributed by atoms with Crippen LogP contribution in [-0.4, -0.2) is 29.8 Å². The molecule has 1 saturated heterocycles. The van der Waals surface area contributed by atoms with Crippen molar-refractivity contribution in [3.05, 3.63) is 28.2 Å². The van der Waals surface area contributed by atoms with E-state index in [1.165, 1.54) is 0 Å². The molecule has 3 rings (SSSR count). The van der Waals surface area contributed by atoms with Crippen molar-refractivity contribution in [2.75, 3.05) is 18.4 Å². The van der Waals surface area contributed by atoms with E-state index in [0.717, 1.165) is 41.7 Å². The van der Waals surface area contributed by atoms with Gasteiger partial charge in [0.2, 0.25) is 11.8 Å². The summed E-state index contributed by atoms with van der Waals surface area (Å²) in [6, 6.07) is 5.76. The lowest BCUT2D eigenvalue weighted by Gasteiger charge is -2.15. The van der Waals surface area contributed by atoms with Gasteiger partial charge in [0, 0.05) is 23.2 Å². The maximum absolute atomic E-state index is 12.2.